The Kier molecular flexibility index (Phi) is 2.31. The summed E-state index contributed by atoms with van der Waals surface area (Å²) in [5, 5.41) is 7.54. The van der Waals surface area contributed by atoms with Gasteiger partial charge in [-0.25, -0.2) is 4.98 Å². The van der Waals surface area contributed by atoms with E-state index < -0.39 is 0 Å². The summed E-state index contributed by atoms with van der Waals surface area (Å²) < 4.78 is 1.87. The maximum absolute atomic E-state index is 4.77. The Bertz CT molecular complexity index is 554. The monoisotopic (exact) mass is 230 g/mol. The summed E-state index contributed by atoms with van der Waals surface area (Å²) in [6.07, 6.45) is 4.57. The van der Waals surface area contributed by atoms with Crippen molar-refractivity contribution in [3.8, 4) is 0 Å². The Balaban J connectivity index is 2.15. The normalized spacial score (nSPS) is 17.4. The zero-order valence-corrected chi connectivity index (χ0v) is 10.6. The molecule has 2 heterocycles. The molecule has 0 amide bonds. The molecule has 0 spiro atoms. The van der Waals surface area contributed by atoms with Crippen molar-refractivity contribution >= 4 is 11.5 Å². The minimum absolute atomic E-state index is 0.557. The van der Waals surface area contributed by atoms with Crippen LogP contribution in [0.2, 0.25) is 0 Å². The van der Waals surface area contributed by atoms with Crippen LogP contribution in [0.15, 0.2) is 12.3 Å². The quantitative estimate of drug-likeness (QED) is 0.881. The molecule has 0 bridgehead atoms. The van der Waals surface area contributed by atoms with Crippen LogP contribution in [0.5, 0.6) is 0 Å². The van der Waals surface area contributed by atoms with E-state index in [9.17, 15) is 0 Å². The minimum Gasteiger partial charge on any atom is -0.373 e. The predicted octanol–water partition coefficient (Wildman–Crippen LogP) is 2.59. The summed E-state index contributed by atoms with van der Waals surface area (Å²) in [7, 11) is 1.93. The van der Waals surface area contributed by atoms with E-state index in [-0.39, 0.29) is 0 Å². The molecule has 1 unspecified atom stereocenters. The van der Waals surface area contributed by atoms with Crippen LogP contribution < -0.4 is 5.32 Å². The van der Waals surface area contributed by atoms with Gasteiger partial charge in [0.05, 0.1) is 6.20 Å². The summed E-state index contributed by atoms with van der Waals surface area (Å²) in [4.78, 5) is 4.77. The molecule has 90 valence electrons. The van der Waals surface area contributed by atoms with Crippen LogP contribution >= 0.6 is 0 Å². The molecule has 0 radical (unpaired) electrons. The fourth-order valence-electron chi connectivity index (χ4n) is 2.34. The van der Waals surface area contributed by atoms with Gasteiger partial charge in [-0.15, -0.1) is 0 Å². The average molecular weight is 230 g/mol. The largest absolute Gasteiger partial charge is 0.373 e. The van der Waals surface area contributed by atoms with Crippen LogP contribution in [0.1, 0.15) is 36.9 Å². The lowest BCUT2D eigenvalue weighted by Gasteiger charge is -2.12. The van der Waals surface area contributed by atoms with Gasteiger partial charge in [0, 0.05) is 30.3 Å². The molecule has 0 saturated heterocycles. The fraction of sp³-hybridized carbons (Fsp3) is 0.538. The first-order valence-electron chi connectivity index (χ1n) is 6.23. The third-order valence-corrected chi connectivity index (χ3v) is 3.72. The van der Waals surface area contributed by atoms with Gasteiger partial charge >= 0.3 is 0 Å². The molecule has 2 aromatic heterocycles. The second kappa shape index (κ2) is 3.72. The standard InChI is InChI=1S/C13H18N4/c1-8-7-15-17-12(14-3)6-11(16-13(8)17)9(2)10-4-5-10/h6-7,9-10,14H,4-5H2,1-3H3. The zero-order valence-electron chi connectivity index (χ0n) is 10.6. The second-order valence-electron chi connectivity index (χ2n) is 5.01. The summed E-state index contributed by atoms with van der Waals surface area (Å²) >= 11 is 0. The van der Waals surface area contributed by atoms with Gasteiger partial charge in [0.25, 0.3) is 0 Å². The third kappa shape index (κ3) is 1.68. The predicted molar refractivity (Wildman–Crippen MR) is 68.4 cm³/mol. The van der Waals surface area contributed by atoms with Gasteiger partial charge in [-0.2, -0.15) is 9.61 Å². The molecule has 1 atom stereocenters. The van der Waals surface area contributed by atoms with E-state index >= 15 is 0 Å². The molecule has 0 aliphatic heterocycles. The number of anilines is 1. The lowest BCUT2D eigenvalue weighted by Crippen LogP contribution is -2.06. The van der Waals surface area contributed by atoms with Gasteiger partial charge < -0.3 is 5.32 Å². The molecule has 17 heavy (non-hydrogen) atoms. The number of fused-ring (bicyclic) bond motifs is 1. The van der Waals surface area contributed by atoms with Crippen LogP contribution in [0.25, 0.3) is 5.65 Å². The Hall–Kier alpha value is -1.58. The molecule has 3 rings (SSSR count). The van der Waals surface area contributed by atoms with Gasteiger partial charge in [-0.05, 0) is 25.7 Å². The number of hydrogen-bond acceptors (Lipinski definition) is 3. The van der Waals surface area contributed by atoms with Crippen molar-refractivity contribution in [3.05, 3.63) is 23.5 Å². The van der Waals surface area contributed by atoms with E-state index in [0.29, 0.717) is 5.92 Å². The first-order valence-corrected chi connectivity index (χ1v) is 6.23. The Morgan fingerprint density at radius 3 is 2.88 bits per heavy atom. The van der Waals surface area contributed by atoms with Crippen LogP contribution in [0.3, 0.4) is 0 Å². The van der Waals surface area contributed by atoms with Crippen LogP contribution in [0.4, 0.5) is 5.82 Å². The Morgan fingerprint density at radius 1 is 1.47 bits per heavy atom. The van der Waals surface area contributed by atoms with Gasteiger partial charge in [-0.3, -0.25) is 0 Å². The summed E-state index contributed by atoms with van der Waals surface area (Å²) in [6, 6.07) is 2.13. The topological polar surface area (TPSA) is 42.2 Å². The van der Waals surface area contributed by atoms with Crippen molar-refractivity contribution in [2.75, 3.05) is 12.4 Å². The molecule has 4 nitrogen and oxygen atoms in total. The van der Waals surface area contributed by atoms with Crippen LogP contribution in [-0.4, -0.2) is 21.6 Å². The van der Waals surface area contributed by atoms with Crippen molar-refractivity contribution in [3.63, 3.8) is 0 Å². The number of aryl methyl sites for hydroxylation is 1. The number of nitrogens with zero attached hydrogens (tertiary/aromatic N) is 3. The lowest BCUT2D eigenvalue weighted by atomic mass is 10.0. The number of nitrogens with one attached hydrogen (secondary N) is 1. The molecule has 4 heteroatoms. The SMILES string of the molecule is CNc1cc(C(C)C2CC2)nc2c(C)cnn12. The minimum atomic E-state index is 0.557. The van der Waals surface area contributed by atoms with Crippen molar-refractivity contribution in [2.45, 2.75) is 32.6 Å². The highest BCUT2D eigenvalue weighted by Gasteiger charge is 2.30. The molecule has 2 aromatic rings. The molecular weight excluding hydrogens is 212 g/mol. The highest BCUT2D eigenvalue weighted by Crippen LogP contribution is 2.42. The zero-order chi connectivity index (χ0) is 12.0. The van der Waals surface area contributed by atoms with Crippen LogP contribution in [-0.2, 0) is 0 Å². The molecule has 1 aliphatic rings. The van der Waals surface area contributed by atoms with E-state index in [0.717, 1.165) is 22.9 Å². The number of hydrogen-bond donors (Lipinski definition) is 1. The van der Waals surface area contributed by atoms with Crippen molar-refractivity contribution in [1.82, 2.24) is 14.6 Å². The second-order valence-corrected chi connectivity index (χ2v) is 5.01. The summed E-state index contributed by atoms with van der Waals surface area (Å²) in [5.41, 5.74) is 3.29. The van der Waals surface area contributed by atoms with Crippen LogP contribution in [0, 0.1) is 12.8 Å². The van der Waals surface area contributed by atoms with E-state index in [2.05, 4.69) is 30.3 Å². The molecule has 1 aliphatic carbocycles. The van der Waals surface area contributed by atoms with Gasteiger partial charge in [0.2, 0.25) is 0 Å². The van der Waals surface area contributed by atoms with Gasteiger partial charge in [-0.1, -0.05) is 6.92 Å². The average Bonchev–Trinajstić information content (AvgIpc) is 3.13. The first-order chi connectivity index (χ1) is 8.20. The summed E-state index contributed by atoms with van der Waals surface area (Å²) in [6.45, 7) is 4.34. The molecule has 0 aromatic carbocycles. The molecule has 1 saturated carbocycles. The van der Waals surface area contributed by atoms with Crippen molar-refractivity contribution < 1.29 is 0 Å². The number of aromatic nitrogens is 3. The Labute approximate surface area is 101 Å². The fourth-order valence-corrected chi connectivity index (χ4v) is 2.34. The van der Waals surface area contributed by atoms with Crippen molar-refractivity contribution in [1.29, 1.82) is 0 Å². The first kappa shape index (κ1) is 10.6. The summed E-state index contributed by atoms with van der Waals surface area (Å²) in [5.74, 6) is 2.41. The maximum Gasteiger partial charge on any atom is 0.160 e. The van der Waals surface area contributed by atoms with Gasteiger partial charge in [0.1, 0.15) is 5.82 Å². The highest BCUT2D eigenvalue weighted by molar-refractivity contribution is 5.54. The van der Waals surface area contributed by atoms with Gasteiger partial charge in [0.15, 0.2) is 5.65 Å². The lowest BCUT2D eigenvalue weighted by molar-refractivity contribution is 0.643. The highest BCUT2D eigenvalue weighted by atomic mass is 15.3. The van der Waals surface area contributed by atoms with E-state index in [4.69, 9.17) is 4.98 Å². The van der Waals surface area contributed by atoms with E-state index in [1.807, 2.05) is 17.8 Å². The molecular formula is C13H18N4. The van der Waals surface area contributed by atoms with Crippen molar-refractivity contribution in [2.24, 2.45) is 5.92 Å². The van der Waals surface area contributed by atoms with E-state index in [1.165, 1.54) is 18.5 Å². The van der Waals surface area contributed by atoms with E-state index in [1.54, 1.807) is 0 Å². The molecule has 1 fully saturated rings. The third-order valence-electron chi connectivity index (χ3n) is 3.72. The molecule has 1 N–H and O–H groups in total. The Morgan fingerprint density at radius 2 is 2.24 bits per heavy atom. The number of rotatable bonds is 3. The maximum atomic E-state index is 4.77. The smallest absolute Gasteiger partial charge is 0.160 e.